The van der Waals surface area contributed by atoms with Gasteiger partial charge in [-0.2, -0.15) is 0 Å². The number of hydrogen-bond acceptors (Lipinski definition) is 9. The summed E-state index contributed by atoms with van der Waals surface area (Å²) in [4.78, 5) is 33.3. The standard InChI is InChI=1S/C27H26N6O4S/c1-17-22-3-2-8-33(26(22)31-16-30-17)25-7-6-19-13-28-21(12-23(19)32-25)14-29-27(34)18-4-5-20-15-37-9-10-38(35,36)24(20)11-18/h4-7,11-13,16H,2-3,8-10,14-15H2,1H3,(H,29,34). The van der Waals surface area contributed by atoms with Crippen molar-refractivity contribution >= 4 is 38.3 Å². The molecule has 3 aromatic heterocycles. The number of pyridine rings is 2. The number of sulfone groups is 1. The predicted molar refractivity (Wildman–Crippen MR) is 141 cm³/mol. The van der Waals surface area contributed by atoms with E-state index in [0.717, 1.165) is 53.2 Å². The predicted octanol–water partition coefficient (Wildman–Crippen LogP) is 3.05. The van der Waals surface area contributed by atoms with Crippen LogP contribution in [-0.2, 0) is 34.1 Å². The Labute approximate surface area is 220 Å². The molecule has 1 aromatic carbocycles. The second kappa shape index (κ2) is 9.73. The summed E-state index contributed by atoms with van der Waals surface area (Å²) >= 11 is 0. The van der Waals surface area contributed by atoms with Crippen LogP contribution in [0, 0.1) is 6.92 Å². The lowest BCUT2D eigenvalue weighted by molar-refractivity contribution is 0.0950. The number of ether oxygens (including phenoxy) is 1. The molecule has 0 radical (unpaired) electrons. The maximum atomic E-state index is 12.9. The molecule has 5 heterocycles. The molecule has 0 bridgehead atoms. The summed E-state index contributed by atoms with van der Waals surface area (Å²) in [6.07, 6.45) is 5.26. The molecule has 1 N–H and O–H groups in total. The van der Waals surface area contributed by atoms with E-state index >= 15 is 0 Å². The van der Waals surface area contributed by atoms with Crippen molar-refractivity contribution in [3.8, 4) is 0 Å². The number of anilines is 2. The summed E-state index contributed by atoms with van der Waals surface area (Å²) in [5, 5.41) is 3.73. The number of aryl methyl sites for hydroxylation is 1. The lowest BCUT2D eigenvalue weighted by atomic mass is 10.0. The van der Waals surface area contributed by atoms with Crippen LogP contribution in [0.1, 0.15) is 39.3 Å². The van der Waals surface area contributed by atoms with Crippen LogP contribution >= 0.6 is 0 Å². The van der Waals surface area contributed by atoms with Gasteiger partial charge in [0.2, 0.25) is 0 Å². The highest BCUT2D eigenvalue weighted by molar-refractivity contribution is 7.91. The van der Waals surface area contributed by atoms with Gasteiger partial charge < -0.3 is 15.0 Å². The monoisotopic (exact) mass is 530 g/mol. The van der Waals surface area contributed by atoms with Crippen LogP contribution in [0.15, 0.2) is 53.8 Å². The van der Waals surface area contributed by atoms with E-state index in [1.54, 1.807) is 24.7 Å². The molecule has 0 spiro atoms. The molecule has 0 unspecified atom stereocenters. The first-order chi connectivity index (χ1) is 18.4. The smallest absolute Gasteiger partial charge is 0.251 e. The number of aromatic nitrogens is 4. The van der Waals surface area contributed by atoms with Crippen LogP contribution < -0.4 is 10.2 Å². The van der Waals surface area contributed by atoms with E-state index < -0.39 is 9.84 Å². The molecule has 0 saturated heterocycles. The molecule has 0 aliphatic carbocycles. The van der Waals surface area contributed by atoms with E-state index in [1.165, 1.54) is 6.07 Å². The van der Waals surface area contributed by atoms with Gasteiger partial charge in [-0.25, -0.2) is 23.4 Å². The third kappa shape index (κ3) is 4.59. The number of benzene rings is 1. The minimum absolute atomic E-state index is 0.101. The van der Waals surface area contributed by atoms with Gasteiger partial charge in [0.25, 0.3) is 5.91 Å². The van der Waals surface area contributed by atoms with E-state index in [0.29, 0.717) is 11.3 Å². The topological polar surface area (TPSA) is 127 Å². The molecule has 4 aromatic rings. The lowest BCUT2D eigenvalue weighted by Crippen LogP contribution is -2.27. The maximum absolute atomic E-state index is 12.9. The Morgan fingerprint density at radius 1 is 1.13 bits per heavy atom. The highest BCUT2D eigenvalue weighted by Crippen LogP contribution is 2.32. The summed E-state index contributed by atoms with van der Waals surface area (Å²) in [5.74, 6) is 1.22. The Kier molecular flexibility index (Phi) is 6.24. The highest BCUT2D eigenvalue weighted by Gasteiger charge is 2.24. The van der Waals surface area contributed by atoms with Crippen molar-refractivity contribution in [1.29, 1.82) is 0 Å². The van der Waals surface area contributed by atoms with Crippen molar-refractivity contribution in [3.63, 3.8) is 0 Å². The summed E-state index contributed by atoms with van der Waals surface area (Å²) in [5.41, 5.74) is 4.38. The first kappa shape index (κ1) is 24.4. The van der Waals surface area contributed by atoms with Crippen molar-refractivity contribution < 1.29 is 17.9 Å². The molecule has 10 nitrogen and oxygen atoms in total. The van der Waals surface area contributed by atoms with Gasteiger partial charge in [-0.05, 0) is 55.7 Å². The summed E-state index contributed by atoms with van der Waals surface area (Å²) < 4.78 is 30.5. The normalized spacial score (nSPS) is 16.4. The number of carbonyl (C=O) groups is 1. The number of amides is 1. The van der Waals surface area contributed by atoms with Crippen molar-refractivity contribution in [2.45, 2.75) is 37.8 Å². The molecule has 0 atom stereocenters. The molecule has 1 amide bonds. The van der Waals surface area contributed by atoms with E-state index in [9.17, 15) is 13.2 Å². The van der Waals surface area contributed by atoms with Crippen LogP contribution in [0.4, 0.5) is 11.6 Å². The van der Waals surface area contributed by atoms with Crippen LogP contribution in [0.3, 0.4) is 0 Å². The summed E-state index contributed by atoms with van der Waals surface area (Å²) in [7, 11) is -3.50. The van der Waals surface area contributed by atoms with Crippen molar-refractivity contribution in [1.82, 2.24) is 25.3 Å². The maximum Gasteiger partial charge on any atom is 0.251 e. The number of nitrogens with zero attached hydrogens (tertiary/aromatic N) is 5. The second-order valence-corrected chi connectivity index (χ2v) is 11.5. The second-order valence-electron chi connectivity index (χ2n) is 9.43. The van der Waals surface area contributed by atoms with Gasteiger partial charge in [0, 0.05) is 34.9 Å². The largest absolute Gasteiger partial charge is 0.376 e. The molecule has 0 fully saturated rings. The van der Waals surface area contributed by atoms with E-state index in [-0.39, 0.29) is 41.9 Å². The summed E-state index contributed by atoms with van der Waals surface area (Å²) in [6, 6.07) is 10.5. The molecule has 194 valence electrons. The molecular formula is C27H26N6O4S. The molecule has 11 heteroatoms. The SMILES string of the molecule is Cc1ncnc2c1CCCN2c1ccc2cnc(CNC(=O)c3ccc4c(c3)S(=O)(=O)CCOC4)cc2n1. The average Bonchev–Trinajstić information content (AvgIpc) is 3.08. The molecule has 6 rings (SSSR count). The zero-order chi connectivity index (χ0) is 26.3. The van der Waals surface area contributed by atoms with E-state index in [4.69, 9.17) is 9.72 Å². The van der Waals surface area contributed by atoms with Crippen molar-refractivity contribution in [2.75, 3.05) is 23.8 Å². The molecular weight excluding hydrogens is 504 g/mol. The van der Waals surface area contributed by atoms with Gasteiger partial charge >= 0.3 is 0 Å². The first-order valence-corrected chi connectivity index (χ1v) is 14.1. The number of fused-ring (bicyclic) bond motifs is 3. The van der Waals surface area contributed by atoms with Gasteiger partial charge in [0.1, 0.15) is 18.0 Å². The number of carbonyl (C=O) groups excluding carboxylic acids is 1. The fraction of sp³-hybridized carbons (Fsp3) is 0.296. The van der Waals surface area contributed by atoms with Crippen LogP contribution in [0.2, 0.25) is 0 Å². The fourth-order valence-electron chi connectivity index (χ4n) is 4.89. The minimum Gasteiger partial charge on any atom is -0.376 e. The Hall–Kier alpha value is -3.96. The number of rotatable bonds is 4. The third-order valence-electron chi connectivity index (χ3n) is 6.94. The van der Waals surface area contributed by atoms with Gasteiger partial charge in [-0.3, -0.25) is 9.78 Å². The Morgan fingerprint density at radius 3 is 2.92 bits per heavy atom. The molecule has 2 aliphatic rings. The third-order valence-corrected chi connectivity index (χ3v) is 8.70. The zero-order valence-corrected chi connectivity index (χ0v) is 21.7. The average molecular weight is 531 g/mol. The van der Waals surface area contributed by atoms with Gasteiger partial charge in [0.15, 0.2) is 9.84 Å². The highest BCUT2D eigenvalue weighted by atomic mass is 32.2. The Balaban J connectivity index is 1.22. The van der Waals surface area contributed by atoms with Crippen LogP contribution in [0.5, 0.6) is 0 Å². The van der Waals surface area contributed by atoms with E-state index in [2.05, 4.69) is 25.2 Å². The van der Waals surface area contributed by atoms with Crippen molar-refractivity contribution in [3.05, 3.63) is 77.0 Å². The van der Waals surface area contributed by atoms with Crippen molar-refractivity contribution in [2.24, 2.45) is 0 Å². The Morgan fingerprint density at radius 2 is 2.03 bits per heavy atom. The van der Waals surface area contributed by atoms with Gasteiger partial charge in [-0.15, -0.1) is 0 Å². The van der Waals surface area contributed by atoms with Crippen LogP contribution in [-0.4, -0.2) is 53.2 Å². The number of hydrogen-bond donors (Lipinski definition) is 1. The first-order valence-electron chi connectivity index (χ1n) is 12.4. The zero-order valence-electron chi connectivity index (χ0n) is 20.8. The molecule has 38 heavy (non-hydrogen) atoms. The minimum atomic E-state index is -3.50. The fourth-order valence-corrected chi connectivity index (χ4v) is 6.28. The Bertz CT molecular complexity index is 1670. The molecule has 0 saturated carbocycles. The van der Waals surface area contributed by atoms with Crippen LogP contribution in [0.25, 0.3) is 10.9 Å². The molecule has 2 aliphatic heterocycles. The van der Waals surface area contributed by atoms with Gasteiger partial charge in [-0.1, -0.05) is 6.07 Å². The quantitative estimate of drug-likeness (QED) is 0.423. The van der Waals surface area contributed by atoms with E-state index in [1.807, 2.05) is 25.1 Å². The number of nitrogens with one attached hydrogen (secondary N) is 1. The summed E-state index contributed by atoms with van der Waals surface area (Å²) in [6.45, 7) is 3.34. The van der Waals surface area contributed by atoms with Gasteiger partial charge in [0.05, 0.1) is 41.6 Å². The lowest BCUT2D eigenvalue weighted by Gasteiger charge is -2.29.